The van der Waals surface area contributed by atoms with E-state index in [-0.39, 0.29) is 16.4 Å². The molecule has 0 bridgehead atoms. The number of carbonyl (C=O) groups excluding carboxylic acids is 1. The topological polar surface area (TPSA) is 75.7 Å². The predicted octanol–water partition coefficient (Wildman–Crippen LogP) is 3.74. The van der Waals surface area contributed by atoms with E-state index in [9.17, 15) is 13.2 Å². The molecule has 2 aromatic carbocycles. The van der Waals surface area contributed by atoms with Gasteiger partial charge in [0, 0.05) is 13.1 Å². The Bertz CT molecular complexity index is 960. The fourth-order valence-corrected chi connectivity index (χ4v) is 4.69. The van der Waals surface area contributed by atoms with E-state index >= 15 is 0 Å². The quantitative estimate of drug-likeness (QED) is 0.827. The normalized spacial score (nSPS) is 14.6. The second-order valence-corrected chi connectivity index (χ2v) is 8.77. The Balaban J connectivity index is 1.96. The van der Waals surface area contributed by atoms with Crippen molar-refractivity contribution in [1.29, 1.82) is 0 Å². The molecule has 7 heteroatoms. The summed E-state index contributed by atoms with van der Waals surface area (Å²) in [7, 11) is -2.37. The minimum atomic E-state index is -3.85. The third kappa shape index (κ3) is 4.14. The van der Waals surface area contributed by atoms with E-state index in [1.807, 2.05) is 32.0 Å². The summed E-state index contributed by atoms with van der Waals surface area (Å²) in [5.41, 5.74) is 2.50. The number of aryl methyl sites for hydroxylation is 2. The third-order valence-electron chi connectivity index (χ3n) is 5.07. The lowest BCUT2D eigenvalue weighted by atomic mass is 10.1. The highest BCUT2D eigenvalue weighted by Crippen LogP contribution is 2.28. The third-order valence-corrected chi connectivity index (χ3v) is 6.42. The average Bonchev–Trinajstić information content (AvgIpc) is 2.70. The molecule has 0 radical (unpaired) electrons. The van der Waals surface area contributed by atoms with Crippen LogP contribution in [0.3, 0.4) is 0 Å². The number of para-hydroxylation sites is 1. The first-order valence-electron chi connectivity index (χ1n) is 9.40. The van der Waals surface area contributed by atoms with E-state index in [1.165, 1.54) is 25.3 Å². The first-order chi connectivity index (χ1) is 13.3. The summed E-state index contributed by atoms with van der Waals surface area (Å²) in [4.78, 5) is 14.8. The van der Waals surface area contributed by atoms with Crippen molar-refractivity contribution in [2.24, 2.45) is 0 Å². The molecule has 2 aromatic rings. The van der Waals surface area contributed by atoms with Crippen molar-refractivity contribution in [3.8, 4) is 5.75 Å². The summed E-state index contributed by atoms with van der Waals surface area (Å²) in [5, 5.41) is 0. The lowest BCUT2D eigenvalue weighted by Gasteiger charge is -2.27. The second-order valence-electron chi connectivity index (χ2n) is 7.09. The van der Waals surface area contributed by atoms with Gasteiger partial charge in [0.2, 0.25) is 0 Å². The Kier molecular flexibility index (Phi) is 5.93. The number of benzene rings is 2. The number of methoxy groups -OCH3 is 1. The van der Waals surface area contributed by atoms with E-state index in [0.717, 1.165) is 30.4 Å². The van der Waals surface area contributed by atoms with E-state index in [2.05, 4.69) is 4.72 Å². The molecule has 1 fully saturated rings. The van der Waals surface area contributed by atoms with Crippen LogP contribution < -0.4 is 9.46 Å². The molecule has 1 amide bonds. The minimum Gasteiger partial charge on any atom is -0.496 e. The summed E-state index contributed by atoms with van der Waals surface area (Å²) >= 11 is 0. The summed E-state index contributed by atoms with van der Waals surface area (Å²) in [6.45, 7) is 5.06. The minimum absolute atomic E-state index is 0.0383. The highest BCUT2D eigenvalue weighted by Gasteiger charge is 2.25. The Hall–Kier alpha value is -2.54. The highest BCUT2D eigenvalue weighted by molar-refractivity contribution is 7.92. The number of hydrogen-bond donors (Lipinski definition) is 1. The number of likely N-dealkylation sites (tertiary alicyclic amines) is 1. The summed E-state index contributed by atoms with van der Waals surface area (Å²) in [5.74, 6) is 0.183. The Morgan fingerprint density at radius 3 is 2.29 bits per heavy atom. The van der Waals surface area contributed by atoms with Crippen LogP contribution in [0.15, 0.2) is 41.3 Å². The van der Waals surface area contributed by atoms with Gasteiger partial charge in [0.1, 0.15) is 5.75 Å². The van der Waals surface area contributed by atoms with Gasteiger partial charge in [0.25, 0.3) is 15.9 Å². The number of hydrogen-bond acceptors (Lipinski definition) is 4. The monoisotopic (exact) mass is 402 g/mol. The van der Waals surface area contributed by atoms with Gasteiger partial charge in [-0.3, -0.25) is 9.52 Å². The fourth-order valence-electron chi connectivity index (χ4n) is 3.46. The molecule has 1 saturated heterocycles. The van der Waals surface area contributed by atoms with Crippen molar-refractivity contribution in [3.63, 3.8) is 0 Å². The smallest absolute Gasteiger partial charge is 0.261 e. The van der Waals surface area contributed by atoms with Crippen LogP contribution in [0.25, 0.3) is 0 Å². The molecule has 0 aliphatic carbocycles. The number of ether oxygens (including phenoxy) is 1. The van der Waals surface area contributed by atoms with E-state index in [4.69, 9.17) is 4.74 Å². The van der Waals surface area contributed by atoms with Crippen molar-refractivity contribution >= 4 is 21.6 Å². The zero-order chi connectivity index (χ0) is 20.3. The van der Waals surface area contributed by atoms with Crippen LogP contribution in [0.5, 0.6) is 5.75 Å². The van der Waals surface area contributed by atoms with Crippen molar-refractivity contribution in [2.45, 2.75) is 38.0 Å². The highest BCUT2D eigenvalue weighted by atomic mass is 32.2. The molecule has 1 aliphatic heterocycles. The Morgan fingerprint density at radius 2 is 1.68 bits per heavy atom. The molecular formula is C21H26N2O4S. The number of piperidine rings is 1. The molecule has 0 spiro atoms. The maximum absolute atomic E-state index is 13.0. The summed E-state index contributed by atoms with van der Waals surface area (Å²) < 4.78 is 33.9. The SMILES string of the molecule is COc1ccc(S(=O)(=O)Nc2c(C)cccc2C)cc1C(=O)N1CCCCC1. The molecule has 150 valence electrons. The van der Waals surface area contributed by atoms with Gasteiger partial charge in [0.15, 0.2) is 0 Å². The van der Waals surface area contributed by atoms with Crippen molar-refractivity contribution in [1.82, 2.24) is 4.90 Å². The predicted molar refractivity (Wildman–Crippen MR) is 109 cm³/mol. The van der Waals surface area contributed by atoms with Gasteiger partial charge in [-0.25, -0.2) is 8.42 Å². The van der Waals surface area contributed by atoms with Gasteiger partial charge in [-0.05, 0) is 62.4 Å². The van der Waals surface area contributed by atoms with Crippen LogP contribution in [-0.4, -0.2) is 39.4 Å². The second kappa shape index (κ2) is 8.22. The van der Waals surface area contributed by atoms with Gasteiger partial charge < -0.3 is 9.64 Å². The molecule has 0 atom stereocenters. The lowest BCUT2D eigenvalue weighted by Crippen LogP contribution is -2.35. The van der Waals surface area contributed by atoms with Crippen LogP contribution >= 0.6 is 0 Å². The van der Waals surface area contributed by atoms with Crippen LogP contribution in [0.1, 0.15) is 40.7 Å². The fraction of sp³-hybridized carbons (Fsp3) is 0.381. The first-order valence-corrected chi connectivity index (χ1v) is 10.9. The van der Waals surface area contributed by atoms with Crippen molar-refractivity contribution in [3.05, 3.63) is 53.1 Å². The molecule has 28 heavy (non-hydrogen) atoms. The zero-order valence-electron chi connectivity index (χ0n) is 16.5. The summed E-state index contributed by atoms with van der Waals surface area (Å²) in [6.07, 6.45) is 3.02. The average molecular weight is 403 g/mol. The van der Waals surface area contributed by atoms with Crippen molar-refractivity contribution in [2.75, 3.05) is 24.9 Å². The molecule has 1 heterocycles. The van der Waals surface area contributed by atoms with Crippen molar-refractivity contribution < 1.29 is 17.9 Å². The van der Waals surface area contributed by atoms with E-state index < -0.39 is 10.0 Å². The van der Waals surface area contributed by atoms with E-state index in [1.54, 1.807) is 4.90 Å². The molecular weight excluding hydrogens is 376 g/mol. The standard InChI is InChI=1S/C21H26N2O4S/c1-15-8-7-9-16(2)20(15)22-28(25,26)17-10-11-19(27-3)18(14-17)21(24)23-12-5-4-6-13-23/h7-11,14,22H,4-6,12-13H2,1-3H3. The van der Waals surface area contributed by atoms with Gasteiger partial charge in [-0.1, -0.05) is 18.2 Å². The number of sulfonamides is 1. The van der Waals surface area contributed by atoms with Crippen LogP contribution in [0.2, 0.25) is 0 Å². The number of amides is 1. The lowest BCUT2D eigenvalue weighted by molar-refractivity contribution is 0.0720. The number of nitrogens with one attached hydrogen (secondary N) is 1. The van der Waals surface area contributed by atoms with E-state index in [0.29, 0.717) is 24.5 Å². The molecule has 3 rings (SSSR count). The number of nitrogens with zero attached hydrogens (tertiary/aromatic N) is 1. The number of carbonyl (C=O) groups is 1. The number of rotatable bonds is 5. The Morgan fingerprint density at radius 1 is 1.04 bits per heavy atom. The largest absolute Gasteiger partial charge is 0.496 e. The van der Waals surface area contributed by atoms with Crippen LogP contribution in [0, 0.1) is 13.8 Å². The molecule has 0 unspecified atom stereocenters. The molecule has 1 aliphatic rings. The van der Waals surface area contributed by atoms with Gasteiger partial charge in [-0.15, -0.1) is 0 Å². The zero-order valence-corrected chi connectivity index (χ0v) is 17.3. The maximum Gasteiger partial charge on any atom is 0.261 e. The first kappa shape index (κ1) is 20.2. The molecule has 0 aromatic heterocycles. The van der Waals surface area contributed by atoms with Crippen LogP contribution in [0.4, 0.5) is 5.69 Å². The van der Waals surface area contributed by atoms with Gasteiger partial charge in [-0.2, -0.15) is 0 Å². The Labute approximate surface area is 166 Å². The van der Waals surface area contributed by atoms with Crippen LogP contribution in [-0.2, 0) is 10.0 Å². The molecule has 1 N–H and O–H groups in total. The van der Waals surface area contributed by atoms with Gasteiger partial charge in [0.05, 0.1) is 23.3 Å². The molecule has 0 saturated carbocycles. The number of anilines is 1. The molecule has 6 nitrogen and oxygen atoms in total. The summed E-state index contributed by atoms with van der Waals surface area (Å²) in [6, 6.07) is 9.99. The maximum atomic E-state index is 13.0. The van der Waals surface area contributed by atoms with Gasteiger partial charge >= 0.3 is 0 Å².